The molecule has 0 heterocycles. The first-order chi connectivity index (χ1) is 8.79. The van der Waals surface area contributed by atoms with Gasteiger partial charge in [-0.15, -0.1) is 13.2 Å². The summed E-state index contributed by atoms with van der Waals surface area (Å²) in [6.45, 7) is 8.18. The van der Waals surface area contributed by atoms with Gasteiger partial charge in [0.1, 0.15) is 5.75 Å². The summed E-state index contributed by atoms with van der Waals surface area (Å²) in [6.07, 6.45) is 3.42. The largest absolute Gasteiger partial charge is 0.507 e. The Bertz CT molecular complexity index is 490. The molecule has 0 saturated heterocycles. The summed E-state index contributed by atoms with van der Waals surface area (Å²) in [5.41, 5.74) is 0. The van der Waals surface area contributed by atoms with Crippen molar-refractivity contribution in [2.45, 2.75) is 0 Å². The Morgan fingerprint density at radius 3 is 2.17 bits per heavy atom. The fourth-order valence-corrected chi connectivity index (χ4v) is 1.44. The van der Waals surface area contributed by atoms with Crippen LogP contribution in [0, 0.1) is 0 Å². The molecule has 0 aliphatic heterocycles. The van der Waals surface area contributed by atoms with Gasteiger partial charge in [-0.25, -0.2) is 0 Å². The van der Waals surface area contributed by atoms with Crippen molar-refractivity contribution in [2.75, 3.05) is 13.2 Å². The second-order valence-corrected chi connectivity index (χ2v) is 3.61. The smallest absolute Gasteiger partial charge is 0.123 e. The van der Waals surface area contributed by atoms with Gasteiger partial charge in [-0.05, 0) is 11.5 Å². The molecule has 2 nitrogen and oxygen atoms in total. The van der Waals surface area contributed by atoms with Crippen molar-refractivity contribution in [1.29, 1.82) is 0 Å². The molecule has 0 amide bonds. The summed E-state index contributed by atoms with van der Waals surface area (Å²) in [6, 6.07) is 13.3. The van der Waals surface area contributed by atoms with Crippen LogP contribution in [0.15, 0.2) is 67.8 Å². The minimum absolute atomic E-state index is 0.350. The second kappa shape index (κ2) is 8.09. The van der Waals surface area contributed by atoms with E-state index in [1.165, 1.54) is 0 Å². The number of phenols is 1. The molecule has 94 valence electrons. The predicted octanol–water partition coefficient (Wildman–Crippen LogP) is 3.92. The molecular weight excluding hydrogens is 224 g/mol. The number of fused-ring (bicyclic) bond motifs is 1. The molecule has 0 aliphatic rings. The van der Waals surface area contributed by atoms with E-state index in [2.05, 4.69) is 13.2 Å². The number of benzene rings is 2. The van der Waals surface area contributed by atoms with Gasteiger partial charge in [-0.1, -0.05) is 48.6 Å². The topological polar surface area (TPSA) is 29.5 Å². The van der Waals surface area contributed by atoms with Crippen LogP contribution in [0.5, 0.6) is 5.75 Å². The van der Waals surface area contributed by atoms with Crippen LogP contribution in [0.4, 0.5) is 0 Å². The van der Waals surface area contributed by atoms with Crippen LogP contribution < -0.4 is 0 Å². The molecule has 0 radical (unpaired) electrons. The van der Waals surface area contributed by atoms with E-state index in [1.807, 2.05) is 36.4 Å². The van der Waals surface area contributed by atoms with Gasteiger partial charge in [-0.2, -0.15) is 0 Å². The van der Waals surface area contributed by atoms with E-state index in [0.717, 1.165) is 10.8 Å². The summed E-state index contributed by atoms with van der Waals surface area (Å²) in [5.74, 6) is 0.350. The first kappa shape index (κ1) is 14.0. The maximum absolute atomic E-state index is 9.37. The minimum Gasteiger partial charge on any atom is -0.507 e. The molecule has 2 aromatic carbocycles. The van der Waals surface area contributed by atoms with Crippen molar-refractivity contribution in [3.05, 3.63) is 67.8 Å². The first-order valence-corrected chi connectivity index (χ1v) is 5.76. The number of aromatic hydroxyl groups is 1. The van der Waals surface area contributed by atoms with Crippen molar-refractivity contribution in [2.24, 2.45) is 0 Å². The maximum Gasteiger partial charge on any atom is 0.123 e. The SMILES string of the molecule is C=CCOCC=C.Oc1cccc2ccccc12. The zero-order chi connectivity index (χ0) is 13.2. The summed E-state index contributed by atoms with van der Waals surface area (Å²) in [4.78, 5) is 0. The molecule has 0 atom stereocenters. The zero-order valence-electron chi connectivity index (χ0n) is 10.4. The van der Waals surface area contributed by atoms with Gasteiger partial charge < -0.3 is 9.84 Å². The lowest BCUT2D eigenvalue weighted by Gasteiger charge is -1.97. The summed E-state index contributed by atoms with van der Waals surface area (Å²) >= 11 is 0. The van der Waals surface area contributed by atoms with Gasteiger partial charge in [0.05, 0.1) is 13.2 Å². The number of phenolic OH excluding ortho intramolecular Hbond substituents is 1. The highest BCUT2D eigenvalue weighted by Gasteiger charge is 1.94. The van der Waals surface area contributed by atoms with Gasteiger partial charge in [0.2, 0.25) is 0 Å². The van der Waals surface area contributed by atoms with E-state index in [-0.39, 0.29) is 0 Å². The lowest BCUT2D eigenvalue weighted by atomic mass is 10.1. The molecule has 2 aromatic rings. The fourth-order valence-electron chi connectivity index (χ4n) is 1.44. The Balaban J connectivity index is 0.000000203. The standard InChI is InChI=1S/C10H8O.C6H10O/c11-10-7-3-5-8-4-1-2-6-9(8)10;1-3-5-7-6-4-2/h1-7,11H;3-4H,1-2,5-6H2. The van der Waals surface area contributed by atoms with Crippen molar-refractivity contribution in [3.8, 4) is 5.75 Å². The zero-order valence-corrected chi connectivity index (χ0v) is 10.4. The third-order valence-corrected chi connectivity index (χ3v) is 2.24. The predicted molar refractivity (Wildman–Crippen MR) is 76.8 cm³/mol. The van der Waals surface area contributed by atoms with E-state index < -0.39 is 0 Å². The van der Waals surface area contributed by atoms with E-state index in [1.54, 1.807) is 18.2 Å². The molecule has 0 saturated carbocycles. The average Bonchev–Trinajstić information content (AvgIpc) is 2.41. The number of ether oxygens (including phenoxy) is 1. The van der Waals surface area contributed by atoms with Crippen LogP contribution in [0.1, 0.15) is 0 Å². The summed E-state index contributed by atoms with van der Waals surface area (Å²) < 4.78 is 4.90. The normalized spacial score (nSPS) is 9.33. The van der Waals surface area contributed by atoms with Gasteiger partial charge in [-0.3, -0.25) is 0 Å². The van der Waals surface area contributed by atoms with E-state index in [9.17, 15) is 5.11 Å². The first-order valence-electron chi connectivity index (χ1n) is 5.76. The minimum atomic E-state index is 0.350. The Morgan fingerprint density at radius 1 is 0.944 bits per heavy atom. The van der Waals surface area contributed by atoms with E-state index in [4.69, 9.17) is 4.74 Å². The van der Waals surface area contributed by atoms with Crippen LogP contribution in [-0.4, -0.2) is 18.3 Å². The Labute approximate surface area is 108 Å². The molecule has 0 aromatic heterocycles. The Morgan fingerprint density at radius 2 is 1.56 bits per heavy atom. The average molecular weight is 242 g/mol. The highest BCUT2D eigenvalue weighted by molar-refractivity contribution is 5.87. The second-order valence-electron chi connectivity index (χ2n) is 3.61. The summed E-state index contributed by atoms with van der Waals surface area (Å²) in [7, 11) is 0. The fraction of sp³-hybridized carbons (Fsp3) is 0.125. The molecule has 18 heavy (non-hydrogen) atoms. The summed E-state index contributed by atoms with van der Waals surface area (Å²) in [5, 5.41) is 11.4. The molecule has 0 fully saturated rings. The lowest BCUT2D eigenvalue weighted by Crippen LogP contribution is -1.87. The van der Waals surface area contributed by atoms with Gasteiger partial charge in [0.15, 0.2) is 0 Å². The molecule has 0 bridgehead atoms. The number of rotatable bonds is 4. The number of hydrogen-bond acceptors (Lipinski definition) is 2. The molecule has 0 unspecified atom stereocenters. The number of hydrogen-bond donors (Lipinski definition) is 1. The lowest BCUT2D eigenvalue weighted by molar-refractivity contribution is 0.194. The van der Waals surface area contributed by atoms with Gasteiger partial charge >= 0.3 is 0 Å². The van der Waals surface area contributed by atoms with Gasteiger partial charge in [0.25, 0.3) is 0 Å². The maximum atomic E-state index is 9.37. The third kappa shape index (κ3) is 4.44. The quantitative estimate of drug-likeness (QED) is 0.650. The third-order valence-electron chi connectivity index (χ3n) is 2.24. The van der Waals surface area contributed by atoms with Crippen molar-refractivity contribution < 1.29 is 9.84 Å². The highest BCUT2D eigenvalue weighted by Crippen LogP contribution is 2.22. The molecular formula is C16H18O2. The van der Waals surface area contributed by atoms with Crippen LogP contribution in [0.3, 0.4) is 0 Å². The Hall–Kier alpha value is -2.06. The Kier molecular flexibility index (Phi) is 6.30. The highest BCUT2D eigenvalue weighted by atomic mass is 16.5. The van der Waals surface area contributed by atoms with E-state index >= 15 is 0 Å². The monoisotopic (exact) mass is 242 g/mol. The van der Waals surface area contributed by atoms with E-state index in [0.29, 0.717) is 19.0 Å². The molecule has 0 aliphatic carbocycles. The molecule has 0 spiro atoms. The molecule has 2 rings (SSSR count). The molecule has 2 heteroatoms. The van der Waals surface area contributed by atoms with Gasteiger partial charge in [0, 0.05) is 5.39 Å². The van der Waals surface area contributed by atoms with Crippen LogP contribution in [0.25, 0.3) is 10.8 Å². The van der Waals surface area contributed by atoms with Crippen molar-refractivity contribution in [3.63, 3.8) is 0 Å². The molecule has 1 N–H and O–H groups in total. The van der Waals surface area contributed by atoms with Crippen LogP contribution in [0.2, 0.25) is 0 Å². The van der Waals surface area contributed by atoms with Crippen LogP contribution >= 0.6 is 0 Å². The van der Waals surface area contributed by atoms with Crippen molar-refractivity contribution >= 4 is 10.8 Å². The van der Waals surface area contributed by atoms with Crippen LogP contribution in [-0.2, 0) is 4.74 Å². The van der Waals surface area contributed by atoms with Crippen molar-refractivity contribution in [1.82, 2.24) is 0 Å².